The SMILES string of the molecule is O=C(CCCN=C1NS(=O)(=O)c2ccccc21)OCCN1C(=O)c2ccccc2S1(=O)=O. The number of carbonyl (C=O) groups excluding carboxylic acids is 2. The molecule has 0 unspecified atom stereocenters. The topological polar surface area (TPSA) is 139 Å². The number of nitrogens with one attached hydrogen (secondary N) is 1. The van der Waals surface area contributed by atoms with Crippen LogP contribution in [0.25, 0.3) is 0 Å². The summed E-state index contributed by atoms with van der Waals surface area (Å²) in [5.74, 6) is -0.989. The van der Waals surface area contributed by atoms with Crippen molar-refractivity contribution in [3.8, 4) is 0 Å². The summed E-state index contributed by atoms with van der Waals surface area (Å²) < 4.78 is 57.1. The lowest BCUT2D eigenvalue weighted by molar-refractivity contribution is -0.143. The zero-order valence-electron chi connectivity index (χ0n) is 16.7. The highest BCUT2D eigenvalue weighted by atomic mass is 32.2. The molecule has 0 atom stereocenters. The Hall–Kier alpha value is -3.25. The third-order valence-corrected chi connectivity index (χ3v) is 8.18. The molecule has 1 N–H and O–H groups in total. The molecule has 0 spiro atoms. The van der Waals surface area contributed by atoms with Crippen molar-refractivity contribution >= 4 is 37.8 Å². The molecule has 0 fully saturated rings. The minimum Gasteiger partial charge on any atom is -0.464 e. The third-order valence-electron chi connectivity index (χ3n) is 4.94. The van der Waals surface area contributed by atoms with Crippen LogP contribution in [0.2, 0.25) is 0 Å². The van der Waals surface area contributed by atoms with Crippen LogP contribution in [0.4, 0.5) is 0 Å². The van der Waals surface area contributed by atoms with Gasteiger partial charge in [-0.3, -0.25) is 19.3 Å². The van der Waals surface area contributed by atoms with Gasteiger partial charge >= 0.3 is 5.97 Å². The standard InChI is InChI=1S/C20H19N3O7S2/c24-18(10-5-11-21-19-14-6-1-3-8-16(14)31(26,27)22-19)30-13-12-23-20(25)15-7-2-4-9-17(15)32(23,28)29/h1-4,6-9H,5,10-13H2,(H,21,22). The lowest BCUT2D eigenvalue weighted by Crippen LogP contribution is -2.33. The number of ether oxygens (including phenoxy) is 1. The Bertz CT molecular complexity index is 1330. The number of fused-ring (bicyclic) bond motifs is 2. The molecule has 4 rings (SSSR count). The van der Waals surface area contributed by atoms with Crippen molar-refractivity contribution in [1.82, 2.24) is 9.03 Å². The predicted octanol–water partition coefficient (Wildman–Crippen LogP) is 0.893. The van der Waals surface area contributed by atoms with Gasteiger partial charge in [0.15, 0.2) is 0 Å². The Balaban J connectivity index is 1.25. The van der Waals surface area contributed by atoms with Crippen LogP contribution in [-0.2, 0) is 29.6 Å². The van der Waals surface area contributed by atoms with Gasteiger partial charge < -0.3 is 4.74 Å². The highest BCUT2D eigenvalue weighted by molar-refractivity contribution is 7.90. The van der Waals surface area contributed by atoms with E-state index in [1.165, 1.54) is 24.3 Å². The molecule has 2 aromatic rings. The summed E-state index contributed by atoms with van der Waals surface area (Å²) in [5, 5.41) is 0. The highest BCUT2D eigenvalue weighted by Gasteiger charge is 2.40. The van der Waals surface area contributed by atoms with Gasteiger partial charge in [-0.1, -0.05) is 24.3 Å². The van der Waals surface area contributed by atoms with Crippen LogP contribution in [0.5, 0.6) is 0 Å². The smallest absolute Gasteiger partial charge is 0.305 e. The molecule has 2 aliphatic heterocycles. The van der Waals surface area contributed by atoms with Gasteiger partial charge in [0.2, 0.25) is 0 Å². The number of hydrogen-bond donors (Lipinski definition) is 1. The van der Waals surface area contributed by atoms with Crippen molar-refractivity contribution in [1.29, 1.82) is 0 Å². The molecule has 32 heavy (non-hydrogen) atoms. The van der Waals surface area contributed by atoms with E-state index in [2.05, 4.69) is 9.71 Å². The fourth-order valence-corrected chi connectivity index (χ4v) is 6.24. The van der Waals surface area contributed by atoms with Crippen molar-refractivity contribution in [3.05, 3.63) is 59.7 Å². The molecule has 0 radical (unpaired) electrons. The van der Waals surface area contributed by atoms with Crippen molar-refractivity contribution in [2.24, 2.45) is 4.99 Å². The monoisotopic (exact) mass is 477 g/mol. The van der Waals surface area contributed by atoms with E-state index >= 15 is 0 Å². The van der Waals surface area contributed by atoms with E-state index in [4.69, 9.17) is 4.74 Å². The first-order valence-corrected chi connectivity index (χ1v) is 12.6. The first kappa shape index (κ1) is 22.0. The number of benzene rings is 2. The van der Waals surface area contributed by atoms with Gasteiger partial charge in [-0.05, 0) is 30.7 Å². The molecule has 10 nitrogen and oxygen atoms in total. The number of nitrogens with zero attached hydrogens (tertiary/aromatic N) is 2. The third kappa shape index (κ3) is 3.98. The molecule has 2 heterocycles. The molecular weight excluding hydrogens is 458 g/mol. The van der Waals surface area contributed by atoms with Crippen molar-refractivity contribution in [2.45, 2.75) is 22.6 Å². The van der Waals surface area contributed by atoms with Crippen LogP contribution < -0.4 is 4.72 Å². The number of hydrogen-bond acceptors (Lipinski definition) is 8. The quantitative estimate of drug-likeness (QED) is 0.461. The van der Waals surface area contributed by atoms with Gasteiger partial charge in [0.05, 0.1) is 17.0 Å². The van der Waals surface area contributed by atoms with E-state index in [1.54, 1.807) is 24.3 Å². The van der Waals surface area contributed by atoms with Crippen LogP contribution in [0.1, 0.15) is 28.8 Å². The predicted molar refractivity (Wildman–Crippen MR) is 113 cm³/mol. The van der Waals surface area contributed by atoms with Crippen molar-refractivity contribution < 1.29 is 31.2 Å². The van der Waals surface area contributed by atoms with Crippen LogP contribution in [0, 0.1) is 0 Å². The number of esters is 1. The van der Waals surface area contributed by atoms with Crippen molar-refractivity contribution in [3.63, 3.8) is 0 Å². The van der Waals surface area contributed by atoms with E-state index in [9.17, 15) is 26.4 Å². The fourth-order valence-electron chi connectivity index (χ4n) is 3.43. The highest BCUT2D eigenvalue weighted by Crippen LogP contribution is 2.29. The average molecular weight is 478 g/mol. The molecule has 2 aromatic carbocycles. The first-order valence-electron chi connectivity index (χ1n) is 9.70. The van der Waals surface area contributed by atoms with E-state index < -0.39 is 31.9 Å². The second-order valence-corrected chi connectivity index (χ2v) is 10.5. The second kappa shape index (κ2) is 8.36. The summed E-state index contributed by atoms with van der Waals surface area (Å²) >= 11 is 0. The number of sulfonamides is 2. The van der Waals surface area contributed by atoms with Crippen LogP contribution in [0.3, 0.4) is 0 Å². The summed E-state index contributed by atoms with van der Waals surface area (Å²) in [5.41, 5.74) is 0.578. The summed E-state index contributed by atoms with van der Waals surface area (Å²) in [6.45, 7) is -0.350. The molecule has 0 saturated carbocycles. The van der Waals surface area contributed by atoms with E-state index in [0.717, 1.165) is 0 Å². The molecule has 2 aliphatic rings. The number of carbonyl (C=O) groups is 2. The summed E-state index contributed by atoms with van der Waals surface area (Å²) in [4.78, 5) is 28.6. The fraction of sp³-hybridized carbons (Fsp3) is 0.250. The first-order chi connectivity index (χ1) is 15.2. The minimum absolute atomic E-state index is 0.00605. The molecule has 0 aromatic heterocycles. The summed E-state index contributed by atoms with van der Waals surface area (Å²) in [6.07, 6.45) is 0.310. The molecule has 0 saturated heterocycles. The molecular formula is C20H19N3O7S2. The number of rotatable bonds is 7. The molecule has 168 valence electrons. The molecule has 12 heteroatoms. The maximum absolute atomic E-state index is 12.4. The van der Waals surface area contributed by atoms with E-state index in [-0.39, 0.29) is 47.3 Å². The normalized spacial score (nSPS) is 18.8. The molecule has 0 bridgehead atoms. The molecule has 1 amide bonds. The lowest BCUT2D eigenvalue weighted by Gasteiger charge is -2.14. The number of aliphatic imine (C=N–C) groups is 1. The zero-order valence-corrected chi connectivity index (χ0v) is 18.4. The van der Waals surface area contributed by atoms with Gasteiger partial charge in [-0.15, -0.1) is 0 Å². The van der Waals surface area contributed by atoms with Gasteiger partial charge in [-0.2, -0.15) is 0 Å². The number of amidine groups is 1. The van der Waals surface area contributed by atoms with Crippen LogP contribution >= 0.6 is 0 Å². The second-order valence-electron chi connectivity index (χ2n) is 7.03. The average Bonchev–Trinajstić information content (AvgIpc) is 3.14. The van der Waals surface area contributed by atoms with E-state index in [1.807, 2.05) is 0 Å². The summed E-state index contributed by atoms with van der Waals surface area (Å²) in [6, 6.07) is 12.4. The Labute approximate surface area is 185 Å². The summed E-state index contributed by atoms with van der Waals surface area (Å²) in [7, 11) is -7.56. The Morgan fingerprint density at radius 1 is 0.969 bits per heavy atom. The zero-order chi connectivity index (χ0) is 22.9. The van der Waals surface area contributed by atoms with Gasteiger partial charge in [0.1, 0.15) is 17.3 Å². The Kier molecular flexibility index (Phi) is 5.73. The van der Waals surface area contributed by atoms with Crippen LogP contribution in [-0.4, -0.2) is 58.5 Å². The Morgan fingerprint density at radius 3 is 2.34 bits per heavy atom. The maximum atomic E-state index is 12.4. The van der Waals surface area contributed by atoms with Gasteiger partial charge in [0.25, 0.3) is 26.0 Å². The van der Waals surface area contributed by atoms with Crippen LogP contribution in [0.15, 0.2) is 63.3 Å². The largest absolute Gasteiger partial charge is 0.464 e. The Morgan fingerprint density at radius 2 is 1.62 bits per heavy atom. The maximum Gasteiger partial charge on any atom is 0.305 e. The van der Waals surface area contributed by atoms with Gasteiger partial charge in [-0.25, -0.2) is 21.1 Å². The lowest BCUT2D eigenvalue weighted by atomic mass is 10.2. The molecule has 0 aliphatic carbocycles. The van der Waals surface area contributed by atoms with E-state index in [0.29, 0.717) is 16.3 Å². The van der Waals surface area contributed by atoms with Gasteiger partial charge in [0, 0.05) is 18.5 Å². The minimum atomic E-state index is -3.94. The van der Waals surface area contributed by atoms with Crippen molar-refractivity contribution in [2.75, 3.05) is 19.7 Å². The number of amides is 1.